The van der Waals surface area contributed by atoms with Crippen LogP contribution in [0.2, 0.25) is 0 Å². The molecule has 0 saturated carbocycles. The van der Waals surface area contributed by atoms with Gasteiger partial charge >= 0.3 is 0 Å². The molecule has 2 aliphatic rings. The van der Waals surface area contributed by atoms with Crippen molar-refractivity contribution in [3.05, 3.63) is 0 Å². The van der Waals surface area contributed by atoms with Gasteiger partial charge in [0.1, 0.15) is 0 Å². The summed E-state index contributed by atoms with van der Waals surface area (Å²) >= 11 is 0. The molecule has 4 nitrogen and oxygen atoms in total. The molecule has 0 spiro atoms. The lowest BCUT2D eigenvalue weighted by Gasteiger charge is -2.34. The van der Waals surface area contributed by atoms with Crippen LogP contribution >= 0.6 is 0 Å². The molecule has 2 saturated heterocycles. The minimum absolute atomic E-state index is 0.481. The zero-order chi connectivity index (χ0) is 9.80. The van der Waals surface area contributed by atoms with Crippen molar-refractivity contribution in [3.8, 4) is 0 Å². The van der Waals surface area contributed by atoms with E-state index in [1.165, 1.54) is 0 Å². The van der Waals surface area contributed by atoms with Crippen LogP contribution in [0.25, 0.3) is 0 Å². The molecule has 0 aromatic carbocycles. The molecule has 82 valence electrons. The SMILES string of the molecule is CC1CC(NC2CCOCC2)NCN1. The van der Waals surface area contributed by atoms with E-state index >= 15 is 0 Å². The third-order valence-electron chi connectivity index (χ3n) is 3.05. The average Bonchev–Trinajstić information content (AvgIpc) is 2.19. The fraction of sp³-hybridized carbons (Fsp3) is 1.00. The lowest BCUT2D eigenvalue weighted by atomic mass is 10.1. The maximum atomic E-state index is 5.34. The second kappa shape index (κ2) is 5.07. The van der Waals surface area contributed by atoms with Crippen molar-refractivity contribution >= 4 is 0 Å². The van der Waals surface area contributed by atoms with Crippen LogP contribution in [0.4, 0.5) is 0 Å². The number of rotatable bonds is 2. The van der Waals surface area contributed by atoms with E-state index in [2.05, 4.69) is 22.9 Å². The van der Waals surface area contributed by atoms with Gasteiger partial charge in [-0.25, -0.2) is 0 Å². The van der Waals surface area contributed by atoms with Crippen LogP contribution in [-0.2, 0) is 4.74 Å². The topological polar surface area (TPSA) is 45.3 Å². The molecule has 2 rings (SSSR count). The molecular formula is C10H21N3O. The Balaban J connectivity index is 1.72. The van der Waals surface area contributed by atoms with E-state index in [9.17, 15) is 0 Å². The first-order valence-corrected chi connectivity index (χ1v) is 5.65. The van der Waals surface area contributed by atoms with Gasteiger partial charge in [-0.1, -0.05) is 0 Å². The van der Waals surface area contributed by atoms with Crippen molar-refractivity contribution in [2.45, 2.75) is 44.4 Å². The third-order valence-corrected chi connectivity index (χ3v) is 3.05. The van der Waals surface area contributed by atoms with Gasteiger partial charge in [0.05, 0.1) is 6.17 Å². The highest BCUT2D eigenvalue weighted by atomic mass is 16.5. The molecule has 0 amide bonds. The highest BCUT2D eigenvalue weighted by Gasteiger charge is 2.21. The van der Waals surface area contributed by atoms with E-state index in [1.807, 2.05) is 0 Å². The predicted octanol–water partition coefficient (Wildman–Crippen LogP) is 0.0100. The zero-order valence-electron chi connectivity index (χ0n) is 8.88. The van der Waals surface area contributed by atoms with Crippen molar-refractivity contribution in [2.24, 2.45) is 0 Å². The Labute approximate surface area is 85.8 Å². The average molecular weight is 199 g/mol. The van der Waals surface area contributed by atoms with Crippen LogP contribution in [0.5, 0.6) is 0 Å². The summed E-state index contributed by atoms with van der Waals surface area (Å²) in [5.41, 5.74) is 0. The maximum Gasteiger partial charge on any atom is 0.0598 e. The minimum Gasteiger partial charge on any atom is -0.381 e. The van der Waals surface area contributed by atoms with Gasteiger partial charge in [0.15, 0.2) is 0 Å². The summed E-state index contributed by atoms with van der Waals surface area (Å²) in [6, 6.07) is 1.26. The summed E-state index contributed by atoms with van der Waals surface area (Å²) in [5, 5.41) is 10.5. The van der Waals surface area contributed by atoms with E-state index in [0.29, 0.717) is 18.2 Å². The van der Waals surface area contributed by atoms with Gasteiger partial charge in [0.2, 0.25) is 0 Å². The van der Waals surface area contributed by atoms with Gasteiger partial charge in [-0.2, -0.15) is 0 Å². The van der Waals surface area contributed by atoms with Gasteiger partial charge in [-0.15, -0.1) is 0 Å². The smallest absolute Gasteiger partial charge is 0.0598 e. The Hall–Kier alpha value is -0.160. The Morgan fingerprint density at radius 3 is 2.71 bits per heavy atom. The molecule has 0 aliphatic carbocycles. The largest absolute Gasteiger partial charge is 0.381 e. The summed E-state index contributed by atoms with van der Waals surface area (Å²) in [4.78, 5) is 0. The molecule has 4 heteroatoms. The quantitative estimate of drug-likeness (QED) is 0.586. The van der Waals surface area contributed by atoms with Gasteiger partial charge in [0.25, 0.3) is 0 Å². The number of ether oxygens (including phenoxy) is 1. The first-order chi connectivity index (χ1) is 6.84. The Bertz CT molecular complexity index is 171. The molecule has 2 unspecified atom stereocenters. The maximum absolute atomic E-state index is 5.34. The summed E-state index contributed by atoms with van der Waals surface area (Å²) in [5.74, 6) is 0. The summed E-state index contributed by atoms with van der Waals surface area (Å²) in [6.45, 7) is 4.98. The zero-order valence-corrected chi connectivity index (χ0v) is 8.88. The molecule has 0 aromatic rings. The van der Waals surface area contributed by atoms with Gasteiger partial charge in [-0.05, 0) is 26.2 Å². The van der Waals surface area contributed by atoms with Crippen LogP contribution in [0, 0.1) is 0 Å². The van der Waals surface area contributed by atoms with Crippen LogP contribution < -0.4 is 16.0 Å². The molecule has 2 aliphatic heterocycles. The van der Waals surface area contributed by atoms with E-state index < -0.39 is 0 Å². The number of hydrogen-bond acceptors (Lipinski definition) is 4. The van der Waals surface area contributed by atoms with E-state index in [-0.39, 0.29) is 0 Å². The second-order valence-electron chi connectivity index (χ2n) is 4.33. The van der Waals surface area contributed by atoms with Crippen LogP contribution in [0.3, 0.4) is 0 Å². The monoisotopic (exact) mass is 199 g/mol. The Morgan fingerprint density at radius 2 is 2.00 bits per heavy atom. The molecule has 2 atom stereocenters. The Kier molecular flexibility index (Phi) is 3.75. The van der Waals surface area contributed by atoms with Crippen molar-refractivity contribution < 1.29 is 4.74 Å². The highest BCUT2D eigenvalue weighted by Crippen LogP contribution is 2.09. The number of hydrogen-bond donors (Lipinski definition) is 3. The lowest BCUT2D eigenvalue weighted by molar-refractivity contribution is 0.0710. The third kappa shape index (κ3) is 2.92. The van der Waals surface area contributed by atoms with Crippen molar-refractivity contribution in [1.82, 2.24) is 16.0 Å². The first-order valence-electron chi connectivity index (χ1n) is 5.65. The molecule has 2 heterocycles. The number of nitrogens with one attached hydrogen (secondary N) is 3. The minimum atomic E-state index is 0.481. The van der Waals surface area contributed by atoms with Gasteiger partial charge < -0.3 is 10.1 Å². The highest BCUT2D eigenvalue weighted by molar-refractivity contribution is 4.80. The van der Waals surface area contributed by atoms with Gasteiger partial charge in [0, 0.05) is 32.0 Å². The Morgan fingerprint density at radius 1 is 1.21 bits per heavy atom. The van der Waals surface area contributed by atoms with Gasteiger partial charge in [-0.3, -0.25) is 10.6 Å². The van der Waals surface area contributed by atoms with Crippen LogP contribution in [0.1, 0.15) is 26.2 Å². The molecule has 0 bridgehead atoms. The molecule has 0 radical (unpaired) electrons. The fourth-order valence-electron chi connectivity index (χ4n) is 2.15. The molecule has 2 fully saturated rings. The first kappa shape index (κ1) is 10.4. The summed E-state index contributed by atoms with van der Waals surface area (Å²) < 4.78 is 5.34. The van der Waals surface area contributed by atoms with E-state index in [1.54, 1.807) is 0 Å². The van der Waals surface area contributed by atoms with Crippen molar-refractivity contribution in [3.63, 3.8) is 0 Å². The molecule has 3 N–H and O–H groups in total. The standard InChI is InChI=1S/C10H21N3O/c1-8-6-10(12-7-11-8)13-9-2-4-14-5-3-9/h8-13H,2-7H2,1H3. The van der Waals surface area contributed by atoms with Crippen molar-refractivity contribution in [1.29, 1.82) is 0 Å². The van der Waals surface area contributed by atoms with E-state index in [0.717, 1.165) is 39.1 Å². The van der Waals surface area contributed by atoms with Crippen LogP contribution in [0.15, 0.2) is 0 Å². The predicted molar refractivity (Wildman–Crippen MR) is 56.0 cm³/mol. The summed E-state index contributed by atoms with van der Waals surface area (Å²) in [7, 11) is 0. The lowest BCUT2D eigenvalue weighted by Crippen LogP contribution is -2.58. The molecule has 0 aromatic heterocycles. The molecule has 14 heavy (non-hydrogen) atoms. The normalized spacial score (nSPS) is 35.8. The fourth-order valence-corrected chi connectivity index (χ4v) is 2.15. The van der Waals surface area contributed by atoms with Crippen LogP contribution in [-0.4, -0.2) is 38.1 Å². The molecular weight excluding hydrogens is 178 g/mol. The second-order valence-corrected chi connectivity index (χ2v) is 4.33. The summed E-state index contributed by atoms with van der Waals surface area (Å²) in [6.07, 6.45) is 3.95. The van der Waals surface area contributed by atoms with E-state index in [4.69, 9.17) is 4.74 Å². The van der Waals surface area contributed by atoms with Crippen molar-refractivity contribution in [2.75, 3.05) is 19.9 Å².